The minimum atomic E-state index is -2.55. The molecule has 1 atom stereocenters. The maximum absolute atomic E-state index is 11.9. The first kappa shape index (κ1) is 27.9. The molecule has 0 aliphatic heterocycles. The Kier molecular flexibility index (Phi) is 9.14. The SMILES string of the molecule is [2H]C(C)(COC1CCC(CO[Si](c2ccccc2)(c2ccccc2)C(C)(C)C)CC1)N(C(=O)O)C(C)(C)C. The lowest BCUT2D eigenvalue weighted by Crippen LogP contribution is -2.67. The van der Waals surface area contributed by atoms with Crippen LogP contribution in [-0.4, -0.2) is 55.3 Å². The Hall–Kier alpha value is -2.15. The third-order valence-corrected chi connectivity index (χ3v) is 12.5. The van der Waals surface area contributed by atoms with Crippen molar-refractivity contribution < 1.29 is 20.4 Å². The summed E-state index contributed by atoms with van der Waals surface area (Å²) in [5, 5.41) is 12.3. The highest BCUT2D eigenvalue weighted by Gasteiger charge is 2.50. The molecule has 0 bridgehead atoms. The lowest BCUT2D eigenvalue weighted by Gasteiger charge is -2.44. The zero-order chi connectivity index (χ0) is 28.2. The first-order valence-corrected chi connectivity index (χ1v) is 15.5. The van der Waals surface area contributed by atoms with Gasteiger partial charge < -0.3 is 14.3 Å². The zero-order valence-corrected chi connectivity index (χ0v) is 24.8. The smallest absolute Gasteiger partial charge is 0.408 e. The summed E-state index contributed by atoms with van der Waals surface area (Å²) < 4.78 is 22.0. The van der Waals surface area contributed by atoms with Crippen LogP contribution < -0.4 is 10.4 Å². The molecule has 0 spiro atoms. The average molecular weight is 527 g/mol. The van der Waals surface area contributed by atoms with Gasteiger partial charge in [-0.1, -0.05) is 81.4 Å². The van der Waals surface area contributed by atoms with Crippen molar-refractivity contribution in [2.45, 2.75) is 96.8 Å². The van der Waals surface area contributed by atoms with Gasteiger partial charge in [0, 0.05) is 12.1 Å². The average Bonchev–Trinajstić information content (AvgIpc) is 2.83. The second kappa shape index (κ2) is 12.1. The predicted octanol–water partition coefficient (Wildman–Crippen LogP) is 6.31. The van der Waals surface area contributed by atoms with E-state index < -0.39 is 26.0 Å². The van der Waals surface area contributed by atoms with E-state index in [0.29, 0.717) is 12.5 Å². The van der Waals surface area contributed by atoms with Gasteiger partial charge in [0.1, 0.15) is 0 Å². The van der Waals surface area contributed by atoms with Crippen molar-refractivity contribution in [3.05, 3.63) is 60.7 Å². The molecule has 0 aromatic heterocycles. The van der Waals surface area contributed by atoms with Gasteiger partial charge in [0.25, 0.3) is 8.32 Å². The first-order chi connectivity index (χ1) is 17.7. The number of rotatable bonds is 9. The normalized spacial score (nSPS) is 21.1. The van der Waals surface area contributed by atoms with Crippen LogP contribution in [0.15, 0.2) is 60.7 Å². The second-order valence-corrected chi connectivity index (χ2v) is 16.8. The molecule has 5 nitrogen and oxygen atoms in total. The van der Waals surface area contributed by atoms with Crippen molar-refractivity contribution in [1.29, 1.82) is 0 Å². The predicted molar refractivity (Wildman–Crippen MR) is 154 cm³/mol. The van der Waals surface area contributed by atoms with E-state index in [9.17, 15) is 9.90 Å². The summed E-state index contributed by atoms with van der Waals surface area (Å²) >= 11 is 0. The highest BCUT2D eigenvalue weighted by molar-refractivity contribution is 6.99. The van der Waals surface area contributed by atoms with Crippen molar-refractivity contribution in [3.63, 3.8) is 0 Å². The van der Waals surface area contributed by atoms with E-state index in [1.165, 1.54) is 15.3 Å². The molecule has 3 rings (SSSR count). The molecular weight excluding hydrogens is 478 g/mol. The molecule has 6 heteroatoms. The van der Waals surface area contributed by atoms with E-state index in [-0.39, 0.29) is 17.7 Å². The number of benzene rings is 2. The Morgan fingerprint density at radius 1 is 0.973 bits per heavy atom. The van der Waals surface area contributed by atoms with E-state index in [0.717, 1.165) is 25.7 Å². The zero-order valence-electron chi connectivity index (χ0n) is 24.8. The third-order valence-electron chi connectivity index (χ3n) is 7.52. The number of hydrogen-bond donors (Lipinski definition) is 1. The lowest BCUT2D eigenvalue weighted by molar-refractivity contribution is -0.0265. The maximum Gasteiger partial charge on any atom is 0.408 e. The van der Waals surface area contributed by atoms with Crippen LogP contribution in [0, 0.1) is 5.92 Å². The summed E-state index contributed by atoms with van der Waals surface area (Å²) in [7, 11) is -2.55. The molecular formula is C31H47NO4Si. The Morgan fingerprint density at radius 3 is 1.86 bits per heavy atom. The van der Waals surface area contributed by atoms with Crippen LogP contribution in [0.3, 0.4) is 0 Å². The standard InChI is InChI=1S/C31H47NO4Si/c1-24(32(29(33)34)30(2,3)4)22-35-26-20-18-25(19-21-26)23-36-37(31(5,6)7,27-14-10-8-11-15-27)28-16-12-9-13-17-28/h8-17,24-26H,18-23H2,1-7H3,(H,33,34)/i24D. The van der Waals surface area contributed by atoms with Gasteiger partial charge in [-0.2, -0.15) is 0 Å². The number of carbonyl (C=O) groups is 1. The van der Waals surface area contributed by atoms with E-state index in [1.54, 1.807) is 6.92 Å². The van der Waals surface area contributed by atoms with Crippen LogP contribution in [0.2, 0.25) is 5.04 Å². The Labute approximate surface area is 226 Å². The fraction of sp³-hybridized carbons (Fsp3) is 0.581. The van der Waals surface area contributed by atoms with Crippen LogP contribution in [0.4, 0.5) is 4.79 Å². The molecule has 204 valence electrons. The van der Waals surface area contributed by atoms with Gasteiger partial charge in [-0.25, -0.2) is 4.79 Å². The van der Waals surface area contributed by atoms with Gasteiger partial charge in [0.15, 0.2) is 0 Å². The van der Waals surface area contributed by atoms with Crippen molar-refractivity contribution in [2.75, 3.05) is 13.2 Å². The lowest BCUT2D eigenvalue weighted by atomic mass is 9.88. The van der Waals surface area contributed by atoms with Crippen LogP contribution in [0.1, 0.15) is 75.5 Å². The molecule has 0 radical (unpaired) electrons. The summed E-state index contributed by atoms with van der Waals surface area (Å²) in [5.74, 6) is 0.448. The summed E-state index contributed by atoms with van der Waals surface area (Å²) in [6.45, 7) is 14.7. The van der Waals surface area contributed by atoms with Crippen molar-refractivity contribution in [1.82, 2.24) is 4.90 Å². The van der Waals surface area contributed by atoms with Gasteiger partial charge in [-0.15, -0.1) is 0 Å². The number of carboxylic acid groups (broad SMARTS) is 1. The second-order valence-electron chi connectivity index (χ2n) is 12.5. The quantitative estimate of drug-likeness (QED) is 0.389. The monoisotopic (exact) mass is 526 g/mol. The highest BCUT2D eigenvalue weighted by atomic mass is 28.4. The molecule has 0 saturated heterocycles. The van der Waals surface area contributed by atoms with Gasteiger partial charge in [-0.3, -0.25) is 4.90 Å². The highest BCUT2D eigenvalue weighted by Crippen LogP contribution is 2.38. The molecule has 1 aliphatic rings. The van der Waals surface area contributed by atoms with Crippen molar-refractivity contribution >= 4 is 24.8 Å². The van der Waals surface area contributed by atoms with E-state index >= 15 is 0 Å². The number of amides is 1. The summed E-state index contributed by atoms with van der Waals surface area (Å²) in [6, 6.07) is 20.1. The topological polar surface area (TPSA) is 59.0 Å². The van der Waals surface area contributed by atoms with Crippen molar-refractivity contribution in [3.8, 4) is 0 Å². The molecule has 1 saturated carbocycles. The van der Waals surface area contributed by atoms with Crippen LogP contribution in [-0.2, 0) is 9.16 Å². The molecule has 1 amide bonds. The molecule has 2 aromatic carbocycles. The minimum Gasteiger partial charge on any atom is -0.465 e. The van der Waals surface area contributed by atoms with E-state index in [2.05, 4.69) is 81.4 Å². The molecule has 1 N–H and O–H groups in total. The third kappa shape index (κ3) is 7.04. The number of nitrogens with zero attached hydrogens (tertiary/aromatic N) is 1. The summed E-state index contributed by atoms with van der Waals surface area (Å²) in [6.07, 6.45) is 2.74. The van der Waals surface area contributed by atoms with Gasteiger partial charge in [0.05, 0.1) is 20.1 Å². The molecule has 1 aliphatic carbocycles. The summed E-state index contributed by atoms with van der Waals surface area (Å²) in [5.41, 5.74) is -0.679. The van der Waals surface area contributed by atoms with E-state index in [1.807, 2.05) is 20.8 Å². The number of hydrogen-bond acceptors (Lipinski definition) is 3. The minimum absolute atomic E-state index is 0.0411. The summed E-state index contributed by atoms with van der Waals surface area (Å²) in [4.78, 5) is 13.0. The van der Waals surface area contributed by atoms with Crippen LogP contribution in [0.25, 0.3) is 0 Å². The molecule has 0 heterocycles. The van der Waals surface area contributed by atoms with E-state index in [4.69, 9.17) is 10.5 Å². The fourth-order valence-corrected chi connectivity index (χ4v) is 10.4. The van der Waals surface area contributed by atoms with Gasteiger partial charge in [0.2, 0.25) is 0 Å². The Morgan fingerprint density at radius 2 is 1.46 bits per heavy atom. The molecule has 37 heavy (non-hydrogen) atoms. The molecule has 1 fully saturated rings. The first-order valence-electron chi connectivity index (χ1n) is 14.1. The van der Waals surface area contributed by atoms with Crippen LogP contribution in [0.5, 0.6) is 0 Å². The fourth-order valence-electron chi connectivity index (χ4n) is 5.80. The Balaban J connectivity index is 1.67. The maximum atomic E-state index is 11.9. The van der Waals surface area contributed by atoms with Gasteiger partial charge >= 0.3 is 6.09 Å². The number of ether oxygens (including phenoxy) is 1. The van der Waals surface area contributed by atoms with Crippen LogP contribution >= 0.6 is 0 Å². The molecule has 2 aromatic rings. The molecule has 1 unspecified atom stereocenters. The van der Waals surface area contributed by atoms with Crippen molar-refractivity contribution in [2.24, 2.45) is 5.92 Å². The largest absolute Gasteiger partial charge is 0.465 e. The van der Waals surface area contributed by atoms with Gasteiger partial charge in [-0.05, 0) is 74.7 Å². The Bertz CT molecular complexity index is 986.